The van der Waals surface area contributed by atoms with E-state index in [1.165, 1.54) is 23.1 Å². The van der Waals surface area contributed by atoms with E-state index >= 15 is 0 Å². The highest BCUT2D eigenvalue weighted by Gasteiger charge is 2.22. The lowest BCUT2D eigenvalue weighted by atomic mass is 10.1. The average Bonchev–Trinajstić information content (AvgIpc) is 3.26. The van der Waals surface area contributed by atoms with Crippen molar-refractivity contribution in [2.75, 3.05) is 17.7 Å². The van der Waals surface area contributed by atoms with Gasteiger partial charge in [-0.1, -0.05) is 30.0 Å². The van der Waals surface area contributed by atoms with Gasteiger partial charge in [0, 0.05) is 4.88 Å². The minimum Gasteiger partial charge on any atom is -0.462 e. The molecule has 9 heteroatoms. The Morgan fingerprint density at radius 2 is 2.00 bits per heavy atom. The SMILES string of the molecule is CCOC(=O)c1c(NC(=O)CSc2ncn(-c3ccccc3)n2)sc(C)c1C. The first-order valence-electron chi connectivity index (χ1n) is 8.66. The van der Waals surface area contributed by atoms with Gasteiger partial charge in [-0.05, 0) is 38.5 Å². The molecule has 0 spiro atoms. The molecule has 0 unspecified atom stereocenters. The number of benzene rings is 1. The molecule has 1 amide bonds. The number of nitrogens with zero attached hydrogens (tertiary/aromatic N) is 3. The predicted molar refractivity (Wildman–Crippen MR) is 110 cm³/mol. The van der Waals surface area contributed by atoms with Crippen LogP contribution in [0.2, 0.25) is 0 Å². The molecule has 0 radical (unpaired) electrons. The minimum atomic E-state index is -0.421. The number of nitrogens with one attached hydrogen (secondary N) is 1. The number of esters is 1. The van der Waals surface area contributed by atoms with Crippen LogP contribution in [0.25, 0.3) is 5.69 Å². The molecule has 7 nitrogen and oxygen atoms in total. The molecule has 0 saturated carbocycles. The van der Waals surface area contributed by atoms with E-state index in [0.717, 1.165) is 16.1 Å². The van der Waals surface area contributed by atoms with Crippen LogP contribution >= 0.6 is 23.1 Å². The normalized spacial score (nSPS) is 10.7. The van der Waals surface area contributed by atoms with Crippen molar-refractivity contribution in [1.29, 1.82) is 0 Å². The molecule has 2 aromatic heterocycles. The van der Waals surface area contributed by atoms with E-state index in [0.29, 0.717) is 15.7 Å². The number of carbonyl (C=O) groups excluding carboxylic acids is 2. The standard InChI is InChI=1S/C19H20N4O3S2/c1-4-26-18(25)16-12(2)13(3)28-17(16)21-15(24)10-27-19-20-11-23(22-19)14-8-6-5-7-9-14/h5-9,11H,4,10H2,1-3H3,(H,21,24). The molecule has 3 aromatic rings. The molecule has 0 atom stereocenters. The van der Waals surface area contributed by atoms with E-state index in [4.69, 9.17) is 4.74 Å². The van der Waals surface area contributed by atoms with Crippen LogP contribution in [-0.2, 0) is 9.53 Å². The molecule has 0 aliphatic heterocycles. The van der Waals surface area contributed by atoms with Crippen LogP contribution in [0.4, 0.5) is 5.00 Å². The molecule has 3 rings (SSSR count). The lowest BCUT2D eigenvalue weighted by molar-refractivity contribution is -0.113. The number of thioether (sulfide) groups is 1. The molecule has 0 fully saturated rings. The number of amides is 1. The van der Waals surface area contributed by atoms with Gasteiger partial charge < -0.3 is 10.1 Å². The molecule has 28 heavy (non-hydrogen) atoms. The number of anilines is 1. The topological polar surface area (TPSA) is 86.1 Å². The number of rotatable bonds is 7. The summed E-state index contributed by atoms with van der Waals surface area (Å²) in [5, 5.41) is 8.20. The van der Waals surface area contributed by atoms with Crippen molar-refractivity contribution in [2.45, 2.75) is 25.9 Å². The Hall–Kier alpha value is -2.65. The molecule has 0 aliphatic carbocycles. The van der Waals surface area contributed by atoms with Crippen LogP contribution in [0, 0.1) is 13.8 Å². The van der Waals surface area contributed by atoms with Gasteiger partial charge in [-0.3, -0.25) is 4.79 Å². The first kappa shape index (κ1) is 20.1. The second kappa shape index (κ2) is 9.03. The average molecular weight is 417 g/mol. The Morgan fingerprint density at radius 3 is 2.71 bits per heavy atom. The smallest absolute Gasteiger partial charge is 0.341 e. The summed E-state index contributed by atoms with van der Waals surface area (Å²) in [5.41, 5.74) is 2.15. The number of carbonyl (C=O) groups is 2. The molecule has 146 valence electrons. The van der Waals surface area contributed by atoms with Gasteiger partial charge in [0.05, 0.1) is 23.6 Å². The van der Waals surface area contributed by atoms with Crippen molar-refractivity contribution in [3.05, 3.63) is 52.7 Å². The Kier molecular flexibility index (Phi) is 6.48. The highest BCUT2D eigenvalue weighted by Crippen LogP contribution is 2.33. The van der Waals surface area contributed by atoms with E-state index in [1.54, 1.807) is 17.9 Å². The molecule has 0 aliphatic rings. The van der Waals surface area contributed by atoms with Crippen LogP contribution in [0.1, 0.15) is 27.7 Å². The van der Waals surface area contributed by atoms with Crippen molar-refractivity contribution >= 4 is 40.0 Å². The Bertz CT molecular complexity index is 982. The number of para-hydroxylation sites is 1. The number of aromatic nitrogens is 3. The van der Waals surface area contributed by atoms with Gasteiger partial charge in [0.2, 0.25) is 11.1 Å². The van der Waals surface area contributed by atoms with Crippen LogP contribution in [0.5, 0.6) is 0 Å². The van der Waals surface area contributed by atoms with Gasteiger partial charge in [-0.25, -0.2) is 14.5 Å². The van der Waals surface area contributed by atoms with Crippen LogP contribution < -0.4 is 5.32 Å². The Balaban J connectivity index is 1.63. The fraction of sp³-hybridized carbons (Fsp3) is 0.263. The van der Waals surface area contributed by atoms with Gasteiger partial charge in [0.15, 0.2) is 0 Å². The van der Waals surface area contributed by atoms with Crippen molar-refractivity contribution < 1.29 is 14.3 Å². The summed E-state index contributed by atoms with van der Waals surface area (Å²) in [6, 6.07) is 9.62. The number of thiophene rings is 1. The summed E-state index contributed by atoms with van der Waals surface area (Å²) in [6.07, 6.45) is 1.61. The van der Waals surface area contributed by atoms with Crippen molar-refractivity contribution in [3.8, 4) is 5.69 Å². The Labute approximate surface area is 171 Å². The van der Waals surface area contributed by atoms with Gasteiger partial charge in [-0.15, -0.1) is 16.4 Å². The second-order valence-corrected chi connectivity index (χ2v) is 8.02. The third-order valence-electron chi connectivity index (χ3n) is 3.94. The van der Waals surface area contributed by atoms with E-state index < -0.39 is 5.97 Å². The molecule has 0 bridgehead atoms. The van der Waals surface area contributed by atoms with E-state index in [1.807, 2.05) is 44.2 Å². The zero-order chi connectivity index (χ0) is 20.1. The van der Waals surface area contributed by atoms with Crippen LogP contribution in [-0.4, -0.2) is 39.0 Å². The van der Waals surface area contributed by atoms with Crippen molar-refractivity contribution in [3.63, 3.8) is 0 Å². The lowest BCUT2D eigenvalue weighted by Crippen LogP contribution is -2.16. The monoisotopic (exact) mass is 416 g/mol. The van der Waals surface area contributed by atoms with Gasteiger partial charge >= 0.3 is 5.97 Å². The van der Waals surface area contributed by atoms with Gasteiger partial charge in [0.25, 0.3) is 0 Å². The Morgan fingerprint density at radius 1 is 1.25 bits per heavy atom. The predicted octanol–water partition coefficient (Wildman–Crippen LogP) is 3.85. The van der Waals surface area contributed by atoms with Gasteiger partial charge in [0.1, 0.15) is 11.3 Å². The van der Waals surface area contributed by atoms with Crippen LogP contribution in [0.15, 0.2) is 41.8 Å². The quantitative estimate of drug-likeness (QED) is 0.465. The fourth-order valence-electron chi connectivity index (χ4n) is 2.48. The molecule has 1 N–H and O–H groups in total. The maximum absolute atomic E-state index is 12.4. The minimum absolute atomic E-state index is 0.136. The first-order valence-corrected chi connectivity index (χ1v) is 10.5. The van der Waals surface area contributed by atoms with Crippen LogP contribution in [0.3, 0.4) is 0 Å². The molecule has 1 aromatic carbocycles. The van der Waals surface area contributed by atoms with E-state index in [2.05, 4.69) is 15.4 Å². The number of ether oxygens (including phenoxy) is 1. The summed E-state index contributed by atoms with van der Waals surface area (Å²) < 4.78 is 6.76. The second-order valence-electron chi connectivity index (χ2n) is 5.85. The summed E-state index contributed by atoms with van der Waals surface area (Å²) in [5.74, 6) is -0.514. The molecular formula is C19H20N4O3S2. The van der Waals surface area contributed by atoms with E-state index in [9.17, 15) is 9.59 Å². The summed E-state index contributed by atoms with van der Waals surface area (Å²) in [4.78, 5) is 29.8. The van der Waals surface area contributed by atoms with Crippen molar-refractivity contribution in [1.82, 2.24) is 14.8 Å². The largest absolute Gasteiger partial charge is 0.462 e. The zero-order valence-electron chi connectivity index (χ0n) is 15.8. The summed E-state index contributed by atoms with van der Waals surface area (Å²) >= 11 is 2.60. The highest BCUT2D eigenvalue weighted by molar-refractivity contribution is 7.99. The van der Waals surface area contributed by atoms with Crippen molar-refractivity contribution in [2.24, 2.45) is 0 Å². The number of aryl methyl sites for hydroxylation is 1. The van der Waals surface area contributed by atoms with E-state index in [-0.39, 0.29) is 18.3 Å². The third kappa shape index (κ3) is 4.60. The summed E-state index contributed by atoms with van der Waals surface area (Å²) in [7, 11) is 0. The maximum Gasteiger partial charge on any atom is 0.341 e. The highest BCUT2D eigenvalue weighted by atomic mass is 32.2. The maximum atomic E-state index is 12.4. The fourth-order valence-corrected chi connectivity index (χ4v) is 4.14. The van der Waals surface area contributed by atoms with Gasteiger partial charge in [-0.2, -0.15) is 0 Å². The lowest BCUT2D eigenvalue weighted by Gasteiger charge is -2.06. The number of hydrogen-bond donors (Lipinski definition) is 1. The third-order valence-corrected chi connectivity index (χ3v) is 5.92. The molecular weight excluding hydrogens is 396 g/mol. The molecule has 2 heterocycles. The first-order chi connectivity index (χ1) is 13.5. The summed E-state index contributed by atoms with van der Waals surface area (Å²) in [6.45, 7) is 5.80. The molecule has 0 saturated heterocycles. The number of hydrogen-bond acceptors (Lipinski definition) is 7. The zero-order valence-corrected chi connectivity index (χ0v) is 17.4.